The predicted octanol–water partition coefficient (Wildman–Crippen LogP) is 1.31. The van der Waals surface area contributed by atoms with Gasteiger partial charge in [0.2, 0.25) is 0 Å². The van der Waals surface area contributed by atoms with Crippen LogP contribution in [0.1, 0.15) is 13.3 Å². The van der Waals surface area contributed by atoms with Gasteiger partial charge in [-0.1, -0.05) is 12.0 Å². The zero-order chi connectivity index (χ0) is 9.14. The van der Waals surface area contributed by atoms with Gasteiger partial charge >= 0.3 is 0 Å². The Bertz CT molecular complexity index is 209. The first-order valence-corrected chi connectivity index (χ1v) is 3.80. The molecule has 4 nitrogen and oxygen atoms in total. The third-order valence-corrected chi connectivity index (χ3v) is 1.94. The van der Waals surface area contributed by atoms with Crippen molar-refractivity contribution in [3.63, 3.8) is 0 Å². The minimum Gasteiger partial charge on any atom is -0.381 e. The first kappa shape index (κ1) is 9.35. The molecule has 1 fully saturated rings. The second-order valence-corrected chi connectivity index (χ2v) is 2.69. The molecule has 2 radical (unpaired) electrons. The lowest BCUT2D eigenvalue weighted by Gasteiger charge is -2.10. The van der Waals surface area contributed by atoms with Crippen LogP contribution in [0.2, 0.25) is 0 Å². The Labute approximate surface area is 71.1 Å². The number of ether oxygens (including phenoxy) is 1. The van der Waals surface area contributed by atoms with Gasteiger partial charge in [0.1, 0.15) is 14.0 Å². The first-order chi connectivity index (χ1) is 5.70. The Kier molecular flexibility index (Phi) is 2.95. The van der Waals surface area contributed by atoms with Crippen LogP contribution in [0.25, 0.3) is 10.4 Å². The molecule has 0 amide bonds. The standard InChI is InChI=1S/C6H9BFN3O/c1-2-3-5(10-11-9)4(8)6(7)12-3/h3-6H,2H2,1H3/t3-,4?,5+,6-/m1/s1. The molecule has 0 aromatic heterocycles. The highest BCUT2D eigenvalue weighted by molar-refractivity contribution is 6.11. The molecule has 1 aliphatic rings. The molecule has 12 heavy (non-hydrogen) atoms. The molecule has 0 bridgehead atoms. The van der Waals surface area contributed by atoms with Gasteiger partial charge in [-0.3, -0.25) is 0 Å². The van der Waals surface area contributed by atoms with Gasteiger partial charge < -0.3 is 4.74 Å². The highest BCUT2D eigenvalue weighted by Crippen LogP contribution is 2.26. The van der Waals surface area contributed by atoms with Crippen LogP contribution in [0.3, 0.4) is 0 Å². The summed E-state index contributed by atoms with van der Waals surface area (Å²) in [4.78, 5) is 2.55. The van der Waals surface area contributed by atoms with Gasteiger partial charge in [-0.25, -0.2) is 4.39 Å². The van der Waals surface area contributed by atoms with Crippen molar-refractivity contribution < 1.29 is 9.13 Å². The molecule has 1 heterocycles. The van der Waals surface area contributed by atoms with Crippen LogP contribution in [0, 0.1) is 0 Å². The van der Waals surface area contributed by atoms with Crippen LogP contribution in [0.15, 0.2) is 5.11 Å². The van der Waals surface area contributed by atoms with Crippen molar-refractivity contribution in [2.24, 2.45) is 5.11 Å². The lowest BCUT2D eigenvalue weighted by molar-refractivity contribution is 0.0722. The fourth-order valence-electron chi connectivity index (χ4n) is 1.29. The molecular formula is C6H9BFN3O. The zero-order valence-corrected chi connectivity index (χ0v) is 6.72. The van der Waals surface area contributed by atoms with Crippen molar-refractivity contribution in [3.05, 3.63) is 10.4 Å². The Morgan fingerprint density at radius 3 is 2.92 bits per heavy atom. The van der Waals surface area contributed by atoms with E-state index in [0.717, 1.165) is 0 Å². The monoisotopic (exact) mass is 169 g/mol. The molecule has 1 aliphatic heterocycles. The van der Waals surface area contributed by atoms with Crippen molar-refractivity contribution in [3.8, 4) is 0 Å². The van der Waals surface area contributed by atoms with Crippen molar-refractivity contribution >= 4 is 7.85 Å². The van der Waals surface area contributed by atoms with E-state index >= 15 is 0 Å². The molecule has 4 atom stereocenters. The van der Waals surface area contributed by atoms with Crippen LogP contribution < -0.4 is 0 Å². The van der Waals surface area contributed by atoms with Crippen LogP contribution >= 0.6 is 0 Å². The Morgan fingerprint density at radius 2 is 2.42 bits per heavy atom. The van der Waals surface area contributed by atoms with E-state index < -0.39 is 18.2 Å². The molecule has 1 unspecified atom stereocenters. The lowest BCUT2D eigenvalue weighted by Crippen LogP contribution is -2.26. The Morgan fingerprint density at radius 1 is 1.75 bits per heavy atom. The second-order valence-electron chi connectivity index (χ2n) is 2.69. The second kappa shape index (κ2) is 3.78. The van der Waals surface area contributed by atoms with E-state index in [1.54, 1.807) is 0 Å². The summed E-state index contributed by atoms with van der Waals surface area (Å²) in [5.74, 6) is 0. The minimum absolute atomic E-state index is 0.383. The Hall–Kier alpha value is -0.735. The molecule has 0 spiro atoms. The van der Waals surface area contributed by atoms with Gasteiger partial charge in [-0.05, 0) is 12.0 Å². The zero-order valence-electron chi connectivity index (χ0n) is 6.72. The normalized spacial score (nSPS) is 40.8. The number of hydrogen-bond acceptors (Lipinski definition) is 2. The fourth-order valence-corrected chi connectivity index (χ4v) is 1.29. The third-order valence-electron chi connectivity index (χ3n) is 1.94. The number of nitrogens with zero attached hydrogens (tertiary/aromatic N) is 3. The van der Waals surface area contributed by atoms with Gasteiger partial charge in [-0.15, -0.1) is 0 Å². The fraction of sp³-hybridized carbons (Fsp3) is 1.00. The largest absolute Gasteiger partial charge is 0.381 e. The number of alkyl halides is 1. The molecular weight excluding hydrogens is 160 g/mol. The molecule has 0 aromatic rings. The van der Waals surface area contributed by atoms with Gasteiger partial charge in [-0.2, -0.15) is 0 Å². The maximum atomic E-state index is 13.1. The van der Waals surface area contributed by atoms with Crippen LogP contribution in [0.4, 0.5) is 4.39 Å². The molecule has 0 aliphatic carbocycles. The highest BCUT2D eigenvalue weighted by Gasteiger charge is 2.40. The molecule has 1 rings (SSSR count). The van der Waals surface area contributed by atoms with Crippen molar-refractivity contribution in [1.29, 1.82) is 0 Å². The summed E-state index contributed by atoms with van der Waals surface area (Å²) in [6.07, 6.45) is -1.17. The maximum Gasteiger partial charge on any atom is 0.128 e. The average Bonchev–Trinajstić information content (AvgIpc) is 2.33. The third kappa shape index (κ3) is 1.54. The van der Waals surface area contributed by atoms with Crippen LogP contribution in [0.5, 0.6) is 0 Å². The number of hydrogen-bond donors (Lipinski definition) is 0. The van der Waals surface area contributed by atoms with Gasteiger partial charge in [0.05, 0.1) is 12.1 Å². The topological polar surface area (TPSA) is 58.0 Å². The number of rotatable bonds is 2. The Balaban J connectivity index is 2.72. The number of azide groups is 1. The molecule has 0 saturated carbocycles. The first-order valence-electron chi connectivity index (χ1n) is 3.80. The van der Waals surface area contributed by atoms with Crippen LogP contribution in [-0.2, 0) is 4.74 Å². The van der Waals surface area contributed by atoms with E-state index in [0.29, 0.717) is 6.42 Å². The molecule has 0 N–H and O–H groups in total. The van der Waals surface area contributed by atoms with E-state index in [1.807, 2.05) is 6.92 Å². The van der Waals surface area contributed by atoms with Gasteiger partial charge in [0.25, 0.3) is 0 Å². The quantitative estimate of drug-likeness (QED) is 0.266. The summed E-state index contributed by atoms with van der Waals surface area (Å²) >= 11 is 0. The summed E-state index contributed by atoms with van der Waals surface area (Å²) < 4.78 is 18.1. The van der Waals surface area contributed by atoms with E-state index in [9.17, 15) is 4.39 Å². The predicted molar refractivity (Wildman–Crippen MR) is 42.5 cm³/mol. The van der Waals surface area contributed by atoms with E-state index in [4.69, 9.17) is 18.1 Å². The summed E-state index contributed by atoms with van der Waals surface area (Å²) in [5.41, 5.74) is 8.14. The smallest absolute Gasteiger partial charge is 0.128 e. The molecule has 64 valence electrons. The van der Waals surface area contributed by atoms with E-state index in [-0.39, 0.29) is 6.10 Å². The highest BCUT2D eigenvalue weighted by atomic mass is 19.1. The molecule has 0 aromatic carbocycles. The minimum atomic E-state index is -1.38. The summed E-state index contributed by atoms with van der Waals surface area (Å²) in [6.45, 7) is 1.83. The molecule has 1 saturated heterocycles. The van der Waals surface area contributed by atoms with E-state index in [2.05, 4.69) is 10.0 Å². The van der Waals surface area contributed by atoms with Gasteiger partial charge in [0, 0.05) is 10.9 Å². The average molecular weight is 169 g/mol. The van der Waals surface area contributed by atoms with E-state index in [1.165, 1.54) is 0 Å². The maximum absolute atomic E-state index is 13.1. The SMILES string of the molecule is [B][C@@H]1O[C@H](CC)[C@H](N=[N+]=[N-])C1F. The van der Waals surface area contributed by atoms with Crippen molar-refractivity contribution in [2.75, 3.05) is 0 Å². The molecule has 6 heteroatoms. The van der Waals surface area contributed by atoms with Crippen molar-refractivity contribution in [2.45, 2.75) is 37.7 Å². The van der Waals surface area contributed by atoms with Crippen LogP contribution in [-0.4, -0.2) is 32.2 Å². The summed E-state index contributed by atoms with van der Waals surface area (Å²) in [7, 11) is 5.28. The van der Waals surface area contributed by atoms with Crippen molar-refractivity contribution in [1.82, 2.24) is 0 Å². The number of halogens is 1. The lowest BCUT2D eigenvalue weighted by atomic mass is 9.93. The van der Waals surface area contributed by atoms with Gasteiger partial charge in [0.15, 0.2) is 0 Å². The summed E-state index contributed by atoms with van der Waals surface area (Å²) in [6, 6.07) is -1.72. The summed E-state index contributed by atoms with van der Waals surface area (Å²) in [5, 5.41) is 3.31.